The van der Waals surface area contributed by atoms with Crippen LogP contribution < -0.4 is 30.3 Å². The van der Waals surface area contributed by atoms with Crippen molar-refractivity contribution in [1.82, 2.24) is 10.6 Å². The summed E-state index contributed by atoms with van der Waals surface area (Å²) in [5.41, 5.74) is 13.8. The molecule has 0 unspecified atom stereocenters. The number of nitrogens with two attached hydrogens (primary N) is 1. The van der Waals surface area contributed by atoms with Crippen molar-refractivity contribution in [3.05, 3.63) is 155 Å². The molecule has 0 spiro atoms. The van der Waals surface area contributed by atoms with Crippen molar-refractivity contribution in [2.45, 2.75) is 44.9 Å². The maximum atomic E-state index is 13.3. The van der Waals surface area contributed by atoms with Gasteiger partial charge in [0.1, 0.15) is 5.69 Å². The monoisotopic (exact) mass is 838 g/mol. The number of nitrogens with one attached hydrogen (secondary N) is 2. The van der Waals surface area contributed by atoms with Gasteiger partial charge in [0, 0.05) is 111 Å². The smallest absolute Gasteiger partial charge is 0.251 e. The molecular formula is C50H58N6O2S2+2. The number of hydrogen-bond acceptors (Lipinski definition) is 6. The lowest BCUT2D eigenvalue weighted by molar-refractivity contribution is -0.599. The Morgan fingerprint density at radius 3 is 1.85 bits per heavy atom. The first-order valence-corrected chi connectivity index (χ1v) is 23.2. The fourth-order valence-corrected chi connectivity index (χ4v) is 9.79. The van der Waals surface area contributed by atoms with Crippen molar-refractivity contribution in [2.24, 2.45) is 0 Å². The van der Waals surface area contributed by atoms with E-state index in [2.05, 4.69) is 196 Å². The molecule has 8 nitrogen and oxygen atoms in total. The highest BCUT2D eigenvalue weighted by atomic mass is 33.1. The second kappa shape index (κ2) is 18.1. The Kier molecular flexibility index (Phi) is 12.9. The number of carbonyl (C=O) groups is 2. The van der Waals surface area contributed by atoms with Crippen molar-refractivity contribution in [3.8, 4) is 16.8 Å². The van der Waals surface area contributed by atoms with Gasteiger partial charge in [-0.05, 0) is 103 Å². The van der Waals surface area contributed by atoms with Gasteiger partial charge in [-0.3, -0.25) is 14.9 Å². The molecule has 0 aliphatic carbocycles. The van der Waals surface area contributed by atoms with Crippen LogP contribution in [0.5, 0.6) is 0 Å². The van der Waals surface area contributed by atoms with Gasteiger partial charge >= 0.3 is 0 Å². The second-order valence-electron chi connectivity index (χ2n) is 17.1. The Labute approximate surface area is 364 Å². The summed E-state index contributed by atoms with van der Waals surface area (Å²) in [6, 6.07) is 33.8. The summed E-state index contributed by atoms with van der Waals surface area (Å²) in [4.78, 5) is 30.8. The number of benzene rings is 4. The summed E-state index contributed by atoms with van der Waals surface area (Å²) in [6.07, 6.45) is 9.59. The van der Waals surface area contributed by atoms with E-state index >= 15 is 0 Å². The highest BCUT2D eigenvalue weighted by Gasteiger charge is 2.44. The van der Waals surface area contributed by atoms with Gasteiger partial charge in [-0.25, -0.2) is 0 Å². The van der Waals surface area contributed by atoms with Gasteiger partial charge in [-0.2, -0.15) is 4.57 Å². The third kappa shape index (κ3) is 9.36. The minimum atomic E-state index is -0.264. The van der Waals surface area contributed by atoms with Crippen LogP contribution in [0.3, 0.4) is 0 Å². The van der Waals surface area contributed by atoms with E-state index in [4.69, 9.17) is 0 Å². The highest BCUT2D eigenvalue weighted by molar-refractivity contribution is 8.76. The molecule has 0 radical (unpaired) electrons. The quantitative estimate of drug-likeness (QED) is 0.0479. The summed E-state index contributed by atoms with van der Waals surface area (Å²) in [6.45, 7) is 10.1. The molecule has 7 rings (SSSR count). The second-order valence-corrected chi connectivity index (χ2v) is 19.8. The average Bonchev–Trinajstić information content (AvgIpc) is 3.50. The highest BCUT2D eigenvalue weighted by Crippen LogP contribution is 2.40. The van der Waals surface area contributed by atoms with E-state index in [0.717, 1.165) is 40.4 Å². The summed E-state index contributed by atoms with van der Waals surface area (Å²) in [5, 5.41) is 8.37. The zero-order valence-electron chi connectivity index (χ0n) is 36.1. The Balaban J connectivity index is 0.862. The first-order chi connectivity index (χ1) is 28.7. The molecule has 310 valence electrons. The minimum absolute atomic E-state index is 0.0616. The number of fused-ring (bicyclic) bond motifs is 4. The van der Waals surface area contributed by atoms with Crippen LogP contribution in [0.2, 0.25) is 0 Å². The van der Waals surface area contributed by atoms with E-state index < -0.39 is 0 Å². The molecule has 2 amide bonds. The SMILES string of the molecule is CN(C)c1ccc(C2=CCC(C)(C)c3cc(C(=O)NCCSSCCNC(=O)c4ccc5c(c4)C(C)(C)c4cc(-c6ccc(N(C)C)cc6)cc[n+]4-5)ccc3[NH2+]C=C2)cc1. The summed E-state index contributed by atoms with van der Waals surface area (Å²) in [5.74, 6) is 1.41. The maximum absolute atomic E-state index is 13.3. The number of carbonyl (C=O) groups excluding carboxylic acids is 2. The molecule has 0 saturated heterocycles. The Hall–Kier alpha value is -5.29. The number of anilines is 2. The minimum Gasteiger partial charge on any atom is -0.378 e. The molecule has 0 saturated carbocycles. The maximum Gasteiger partial charge on any atom is 0.251 e. The Bertz CT molecular complexity index is 2430. The molecule has 0 bridgehead atoms. The van der Waals surface area contributed by atoms with E-state index in [1.165, 1.54) is 39.3 Å². The van der Waals surface area contributed by atoms with Crippen LogP contribution in [0.1, 0.15) is 77.2 Å². The van der Waals surface area contributed by atoms with Crippen molar-refractivity contribution in [1.29, 1.82) is 0 Å². The van der Waals surface area contributed by atoms with Gasteiger partial charge in [0.15, 0.2) is 11.9 Å². The first kappa shape index (κ1) is 42.8. The van der Waals surface area contributed by atoms with Gasteiger partial charge in [-0.1, -0.05) is 65.8 Å². The molecule has 4 N–H and O–H groups in total. The number of pyridine rings is 1. The van der Waals surface area contributed by atoms with Crippen molar-refractivity contribution < 1.29 is 19.5 Å². The standard InChI is InChI=1S/C50H56N6O2S2/c1-49(2)24-21-36(34-9-15-40(16-10-34)54(5)6)22-25-51-44-19-13-38(31-42(44)49)47(57)52-26-29-59-60-30-27-53-48(58)39-14-20-45-43(32-39)50(3,4)46-33-37(23-28-56(45)46)35-11-17-41(18-12-35)55(7)8/h9-23,25,28,31-33H,24,26-27,29-30H2,1-8H3,(H2-,51,52,53,57,58)/p+2. The van der Waals surface area contributed by atoms with Crippen LogP contribution in [0.25, 0.3) is 22.4 Å². The van der Waals surface area contributed by atoms with Crippen LogP contribution in [0.4, 0.5) is 17.1 Å². The molecule has 10 heteroatoms. The van der Waals surface area contributed by atoms with Gasteiger partial charge in [-0.15, -0.1) is 0 Å². The van der Waals surface area contributed by atoms with Crippen LogP contribution >= 0.6 is 21.6 Å². The van der Waals surface area contributed by atoms with E-state index in [1.54, 1.807) is 21.6 Å². The third-order valence-corrected chi connectivity index (χ3v) is 14.1. The number of rotatable bonds is 13. The first-order valence-electron chi connectivity index (χ1n) is 20.7. The van der Waals surface area contributed by atoms with E-state index in [1.807, 2.05) is 12.1 Å². The third-order valence-electron chi connectivity index (χ3n) is 11.7. The van der Waals surface area contributed by atoms with Crippen LogP contribution in [0.15, 0.2) is 122 Å². The lowest BCUT2D eigenvalue weighted by Crippen LogP contribution is -2.71. The molecule has 5 aromatic rings. The number of aromatic nitrogens is 1. The number of hydrogen-bond donors (Lipinski definition) is 3. The van der Waals surface area contributed by atoms with E-state index in [-0.39, 0.29) is 22.6 Å². The average molecular weight is 839 g/mol. The van der Waals surface area contributed by atoms with Gasteiger partial charge < -0.3 is 20.4 Å². The molecule has 2 aliphatic heterocycles. The van der Waals surface area contributed by atoms with Crippen LogP contribution in [-0.2, 0) is 10.8 Å². The normalized spacial score (nSPS) is 14.7. The van der Waals surface area contributed by atoms with Crippen LogP contribution in [-0.4, -0.2) is 64.6 Å². The molecular weight excluding hydrogens is 781 g/mol. The number of nitrogens with zero attached hydrogens (tertiary/aromatic N) is 3. The number of allylic oxidation sites excluding steroid dienone is 3. The lowest BCUT2D eigenvalue weighted by Gasteiger charge is -2.25. The molecule has 0 atom stereocenters. The molecule has 60 heavy (non-hydrogen) atoms. The van der Waals surface area contributed by atoms with Gasteiger partial charge in [0.25, 0.3) is 11.8 Å². The molecule has 4 aromatic carbocycles. The van der Waals surface area contributed by atoms with E-state index in [0.29, 0.717) is 24.2 Å². The molecule has 3 heterocycles. The predicted octanol–water partition coefficient (Wildman–Crippen LogP) is 8.42. The zero-order valence-corrected chi connectivity index (χ0v) is 37.8. The Morgan fingerprint density at radius 1 is 0.683 bits per heavy atom. The van der Waals surface area contributed by atoms with Gasteiger partial charge in [0.2, 0.25) is 5.69 Å². The molecule has 0 fully saturated rings. The van der Waals surface area contributed by atoms with Gasteiger partial charge in [0.05, 0.1) is 11.6 Å². The fraction of sp³-hybridized carbons (Fsp3) is 0.300. The fourth-order valence-electron chi connectivity index (χ4n) is 7.98. The van der Waals surface area contributed by atoms with Crippen molar-refractivity contribution in [3.63, 3.8) is 0 Å². The zero-order chi connectivity index (χ0) is 42.6. The molecule has 2 aliphatic rings. The van der Waals surface area contributed by atoms with Crippen LogP contribution in [0, 0.1) is 0 Å². The lowest BCUT2D eigenvalue weighted by atomic mass is 9.79. The van der Waals surface area contributed by atoms with Crippen molar-refractivity contribution in [2.75, 3.05) is 62.6 Å². The predicted molar refractivity (Wildman–Crippen MR) is 253 cm³/mol. The van der Waals surface area contributed by atoms with Crippen molar-refractivity contribution >= 4 is 56.0 Å². The topological polar surface area (TPSA) is 85.2 Å². The largest absolute Gasteiger partial charge is 0.378 e. The van der Waals surface area contributed by atoms with E-state index in [9.17, 15) is 9.59 Å². The Morgan fingerprint density at radius 2 is 1.25 bits per heavy atom. The summed E-state index contributed by atoms with van der Waals surface area (Å²) >= 11 is 0. The summed E-state index contributed by atoms with van der Waals surface area (Å²) in [7, 11) is 11.6. The number of amides is 2. The summed E-state index contributed by atoms with van der Waals surface area (Å²) < 4.78 is 2.25. The molecule has 1 aromatic heterocycles. The number of quaternary nitrogens is 1.